The van der Waals surface area contributed by atoms with Crippen LogP contribution in [-0.4, -0.2) is 26.8 Å². The van der Waals surface area contributed by atoms with Gasteiger partial charge in [-0.3, -0.25) is 9.59 Å². The SMILES string of the molecule is CCC[C@@H](CCC(=O)Nc1ccn(-c2ccccc2)n1)C(=O)O. The van der Waals surface area contributed by atoms with E-state index in [0.29, 0.717) is 18.7 Å². The van der Waals surface area contributed by atoms with Gasteiger partial charge in [-0.2, -0.15) is 5.10 Å². The van der Waals surface area contributed by atoms with Crippen LogP contribution in [0.25, 0.3) is 5.69 Å². The summed E-state index contributed by atoms with van der Waals surface area (Å²) in [7, 11) is 0. The molecule has 0 aliphatic heterocycles. The Labute approximate surface area is 135 Å². The summed E-state index contributed by atoms with van der Waals surface area (Å²) in [5.41, 5.74) is 0.905. The lowest BCUT2D eigenvalue weighted by Crippen LogP contribution is -2.18. The second kappa shape index (κ2) is 8.12. The first-order valence-corrected chi connectivity index (χ1v) is 7.74. The first-order chi connectivity index (χ1) is 11.1. The van der Waals surface area contributed by atoms with Crippen LogP contribution in [0.4, 0.5) is 5.82 Å². The highest BCUT2D eigenvalue weighted by atomic mass is 16.4. The zero-order valence-electron chi connectivity index (χ0n) is 13.1. The summed E-state index contributed by atoms with van der Waals surface area (Å²) >= 11 is 0. The Morgan fingerprint density at radius 2 is 1.96 bits per heavy atom. The van der Waals surface area contributed by atoms with Gasteiger partial charge in [-0.25, -0.2) is 4.68 Å². The fourth-order valence-electron chi connectivity index (χ4n) is 2.37. The summed E-state index contributed by atoms with van der Waals surface area (Å²) in [6.45, 7) is 1.94. The second-order valence-electron chi connectivity index (χ2n) is 5.39. The van der Waals surface area contributed by atoms with Crippen molar-refractivity contribution in [2.75, 3.05) is 5.32 Å². The molecule has 0 saturated heterocycles. The van der Waals surface area contributed by atoms with Crippen LogP contribution in [0.5, 0.6) is 0 Å². The third-order valence-corrected chi connectivity index (χ3v) is 3.58. The molecule has 1 aromatic heterocycles. The van der Waals surface area contributed by atoms with Crippen molar-refractivity contribution >= 4 is 17.7 Å². The summed E-state index contributed by atoms with van der Waals surface area (Å²) in [5.74, 6) is -1.06. The van der Waals surface area contributed by atoms with E-state index in [9.17, 15) is 9.59 Å². The molecule has 1 heterocycles. The lowest BCUT2D eigenvalue weighted by atomic mass is 9.98. The van der Waals surface area contributed by atoms with Gasteiger partial charge in [0.2, 0.25) is 5.91 Å². The third kappa shape index (κ3) is 4.95. The van der Waals surface area contributed by atoms with Crippen molar-refractivity contribution in [2.24, 2.45) is 5.92 Å². The van der Waals surface area contributed by atoms with Gasteiger partial charge in [0.15, 0.2) is 5.82 Å². The molecule has 6 heteroatoms. The molecule has 0 bridgehead atoms. The molecule has 2 rings (SSSR count). The summed E-state index contributed by atoms with van der Waals surface area (Å²) in [4.78, 5) is 23.0. The van der Waals surface area contributed by atoms with Crippen LogP contribution in [0.2, 0.25) is 0 Å². The Balaban J connectivity index is 1.88. The molecule has 1 amide bonds. The number of carbonyl (C=O) groups is 2. The standard InChI is InChI=1S/C17H21N3O3/c1-2-6-13(17(22)23)9-10-16(21)18-15-11-12-20(19-15)14-7-4-3-5-8-14/h3-5,7-8,11-13H,2,6,9-10H2,1H3,(H,22,23)(H,18,19,21)/t13-/m0/s1. The monoisotopic (exact) mass is 315 g/mol. The van der Waals surface area contributed by atoms with Crippen LogP contribution < -0.4 is 5.32 Å². The van der Waals surface area contributed by atoms with E-state index < -0.39 is 11.9 Å². The lowest BCUT2D eigenvalue weighted by molar-refractivity contribution is -0.142. The summed E-state index contributed by atoms with van der Waals surface area (Å²) in [6, 6.07) is 11.3. The molecular formula is C17H21N3O3. The summed E-state index contributed by atoms with van der Waals surface area (Å²) in [6.07, 6.45) is 3.66. The van der Waals surface area contributed by atoms with Gasteiger partial charge in [-0.05, 0) is 25.0 Å². The van der Waals surface area contributed by atoms with Crippen molar-refractivity contribution in [3.05, 3.63) is 42.6 Å². The molecule has 0 aliphatic carbocycles. The van der Waals surface area contributed by atoms with Gasteiger partial charge in [0.1, 0.15) is 0 Å². The van der Waals surface area contributed by atoms with Crippen LogP contribution in [0, 0.1) is 5.92 Å². The number of amides is 1. The van der Waals surface area contributed by atoms with Gasteiger partial charge in [-0.15, -0.1) is 0 Å². The van der Waals surface area contributed by atoms with Crippen molar-refractivity contribution in [1.29, 1.82) is 0 Å². The Morgan fingerprint density at radius 1 is 1.22 bits per heavy atom. The largest absolute Gasteiger partial charge is 0.481 e. The maximum absolute atomic E-state index is 11.9. The molecule has 2 aromatic rings. The maximum atomic E-state index is 11.9. The Bertz CT molecular complexity index is 652. The van der Waals surface area contributed by atoms with E-state index in [1.807, 2.05) is 37.3 Å². The first kappa shape index (κ1) is 16.7. The number of carbonyl (C=O) groups excluding carboxylic acids is 1. The maximum Gasteiger partial charge on any atom is 0.306 e. The molecule has 0 spiro atoms. The molecule has 0 radical (unpaired) electrons. The van der Waals surface area contributed by atoms with Crippen molar-refractivity contribution in [2.45, 2.75) is 32.6 Å². The number of aromatic nitrogens is 2. The van der Waals surface area contributed by atoms with Crippen molar-refractivity contribution in [1.82, 2.24) is 9.78 Å². The molecular weight excluding hydrogens is 294 g/mol. The highest BCUT2D eigenvalue weighted by Gasteiger charge is 2.18. The Hall–Kier alpha value is -2.63. The molecule has 122 valence electrons. The summed E-state index contributed by atoms with van der Waals surface area (Å²) < 4.78 is 1.67. The van der Waals surface area contributed by atoms with Gasteiger partial charge in [0.25, 0.3) is 0 Å². The number of nitrogens with one attached hydrogen (secondary N) is 1. The van der Waals surface area contributed by atoms with E-state index in [0.717, 1.165) is 12.1 Å². The number of para-hydroxylation sites is 1. The second-order valence-corrected chi connectivity index (χ2v) is 5.39. The highest BCUT2D eigenvalue weighted by Crippen LogP contribution is 2.15. The fraction of sp³-hybridized carbons (Fsp3) is 0.353. The predicted molar refractivity (Wildman–Crippen MR) is 87.5 cm³/mol. The normalized spacial score (nSPS) is 11.9. The van der Waals surface area contributed by atoms with E-state index in [1.54, 1.807) is 16.9 Å². The summed E-state index contributed by atoms with van der Waals surface area (Å²) in [5, 5.41) is 16.1. The minimum Gasteiger partial charge on any atom is -0.481 e. The zero-order chi connectivity index (χ0) is 16.7. The first-order valence-electron chi connectivity index (χ1n) is 7.74. The molecule has 1 atom stereocenters. The van der Waals surface area contributed by atoms with Crippen molar-refractivity contribution in [3.63, 3.8) is 0 Å². The number of aliphatic carboxylic acids is 1. The van der Waals surface area contributed by atoms with E-state index in [1.165, 1.54) is 0 Å². The van der Waals surface area contributed by atoms with E-state index >= 15 is 0 Å². The van der Waals surface area contributed by atoms with Gasteiger partial charge in [0.05, 0.1) is 11.6 Å². The average molecular weight is 315 g/mol. The van der Waals surface area contributed by atoms with Crippen LogP contribution in [0.1, 0.15) is 32.6 Å². The molecule has 0 saturated carbocycles. The number of hydrogen-bond acceptors (Lipinski definition) is 3. The number of nitrogens with zero attached hydrogens (tertiary/aromatic N) is 2. The molecule has 0 fully saturated rings. The third-order valence-electron chi connectivity index (χ3n) is 3.58. The van der Waals surface area contributed by atoms with Crippen LogP contribution >= 0.6 is 0 Å². The minimum absolute atomic E-state index is 0.176. The van der Waals surface area contributed by atoms with E-state index in [2.05, 4.69) is 10.4 Å². The van der Waals surface area contributed by atoms with E-state index in [-0.39, 0.29) is 12.3 Å². The van der Waals surface area contributed by atoms with E-state index in [4.69, 9.17) is 5.11 Å². The number of carboxylic acids is 1. The number of carboxylic acid groups (broad SMARTS) is 1. The number of benzene rings is 1. The predicted octanol–water partition coefficient (Wildman–Crippen LogP) is 3.09. The number of hydrogen-bond donors (Lipinski definition) is 2. The minimum atomic E-state index is -0.840. The van der Waals surface area contributed by atoms with Crippen molar-refractivity contribution < 1.29 is 14.7 Å². The lowest BCUT2D eigenvalue weighted by Gasteiger charge is -2.10. The smallest absolute Gasteiger partial charge is 0.306 e. The quantitative estimate of drug-likeness (QED) is 0.784. The fourth-order valence-corrected chi connectivity index (χ4v) is 2.37. The Kier molecular flexibility index (Phi) is 5.91. The zero-order valence-corrected chi connectivity index (χ0v) is 13.1. The van der Waals surface area contributed by atoms with Crippen LogP contribution in [0.3, 0.4) is 0 Å². The Morgan fingerprint density at radius 3 is 2.61 bits per heavy atom. The van der Waals surface area contributed by atoms with Gasteiger partial charge >= 0.3 is 5.97 Å². The number of rotatable bonds is 8. The van der Waals surface area contributed by atoms with Gasteiger partial charge in [-0.1, -0.05) is 31.5 Å². The molecule has 2 N–H and O–H groups in total. The van der Waals surface area contributed by atoms with Crippen LogP contribution in [0.15, 0.2) is 42.6 Å². The molecule has 1 aromatic carbocycles. The van der Waals surface area contributed by atoms with Gasteiger partial charge < -0.3 is 10.4 Å². The number of anilines is 1. The molecule has 23 heavy (non-hydrogen) atoms. The van der Waals surface area contributed by atoms with Gasteiger partial charge in [0, 0.05) is 18.7 Å². The molecule has 0 aliphatic rings. The molecule has 6 nitrogen and oxygen atoms in total. The highest BCUT2D eigenvalue weighted by molar-refractivity contribution is 5.90. The van der Waals surface area contributed by atoms with Crippen molar-refractivity contribution in [3.8, 4) is 5.69 Å². The molecule has 0 unspecified atom stereocenters. The van der Waals surface area contributed by atoms with Crippen LogP contribution in [-0.2, 0) is 9.59 Å². The topological polar surface area (TPSA) is 84.2 Å². The average Bonchev–Trinajstić information content (AvgIpc) is 3.00.